The maximum atomic E-state index is 12.9. The van der Waals surface area contributed by atoms with Gasteiger partial charge in [-0.05, 0) is 25.4 Å². The van der Waals surface area contributed by atoms with Crippen LogP contribution in [0.3, 0.4) is 0 Å². The summed E-state index contributed by atoms with van der Waals surface area (Å²) < 4.78 is 31.5. The zero-order valence-electron chi connectivity index (χ0n) is 15.0. The Morgan fingerprint density at radius 3 is 3.00 bits per heavy atom. The Kier molecular flexibility index (Phi) is 2.16. The van der Waals surface area contributed by atoms with Gasteiger partial charge in [0, 0.05) is 17.6 Å². The smallest absolute Gasteiger partial charge is 0.264 e. The molecule has 108 valence electrons. The number of nitrogen functional groups attached to an aromatic ring is 1. The zero-order chi connectivity index (χ0) is 18.5. The first-order valence-electron chi connectivity index (χ1n) is 8.48. The number of benzene rings is 1. The van der Waals surface area contributed by atoms with E-state index in [0.29, 0.717) is 0 Å². The van der Waals surface area contributed by atoms with Gasteiger partial charge in [0.25, 0.3) is 5.56 Å². The topological polar surface area (TPSA) is 95.1 Å². The molecule has 0 amide bonds. The molecule has 1 aromatic carbocycles. The summed E-state index contributed by atoms with van der Waals surface area (Å²) >= 11 is 0. The number of carbonyl (C=O) groups excluding carboxylic acids is 2. The number of Topliss-reactive ketones (excluding diaryl/α,β-unsaturated/α-hetero) is 2. The molecule has 2 unspecified atom stereocenters. The second-order valence-electron chi connectivity index (χ2n) is 4.92. The van der Waals surface area contributed by atoms with Crippen LogP contribution in [0, 0.1) is 6.85 Å². The maximum absolute atomic E-state index is 12.9. The summed E-state index contributed by atoms with van der Waals surface area (Å²) in [5, 5.41) is 0.0155. The average molecular weight is 289 g/mol. The predicted octanol–water partition coefficient (Wildman–Crippen LogP) is 1.15. The van der Waals surface area contributed by atoms with Crippen molar-refractivity contribution in [1.82, 2.24) is 9.55 Å². The normalized spacial score (nSPS) is 26.1. The Balaban J connectivity index is 2.34. The third kappa shape index (κ3) is 2.12. The van der Waals surface area contributed by atoms with Crippen molar-refractivity contribution in [3.8, 4) is 0 Å². The third-order valence-electron chi connectivity index (χ3n) is 3.56. The fourth-order valence-electron chi connectivity index (χ4n) is 2.54. The molecule has 0 radical (unpaired) electrons. The molecule has 1 aliphatic carbocycles. The lowest BCUT2D eigenvalue weighted by Gasteiger charge is -2.24. The van der Waals surface area contributed by atoms with Crippen molar-refractivity contribution in [2.45, 2.75) is 32.1 Å². The van der Waals surface area contributed by atoms with Crippen molar-refractivity contribution in [2.24, 2.45) is 0 Å². The molecule has 2 atom stereocenters. The van der Waals surface area contributed by atoms with Crippen molar-refractivity contribution in [3.05, 3.63) is 34.4 Å². The second-order valence-corrected chi connectivity index (χ2v) is 4.92. The third-order valence-corrected chi connectivity index (χ3v) is 3.56. The molecule has 1 aromatic heterocycles. The number of nitrogens with zero attached hydrogens (tertiary/aromatic N) is 2. The van der Waals surface area contributed by atoms with Gasteiger partial charge in [-0.1, -0.05) is 6.07 Å². The Morgan fingerprint density at radius 1 is 1.43 bits per heavy atom. The van der Waals surface area contributed by atoms with E-state index >= 15 is 0 Å². The largest absolute Gasteiger partial charge is 0.398 e. The maximum Gasteiger partial charge on any atom is 0.264 e. The molecule has 0 spiro atoms. The van der Waals surface area contributed by atoms with E-state index in [0.717, 1.165) is 4.57 Å². The molecule has 1 aliphatic rings. The van der Waals surface area contributed by atoms with Crippen LogP contribution < -0.4 is 11.3 Å². The highest BCUT2D eigenvalue weighted by Crippen LogP contribution is 2.24. The first-order chi connectivity index (χ1) is 11.6. The number of anilines is 1. The average Bonchev–Trinajstić information content (AvgIpc) is 2.50. The number of ketones is 2. The summed E-state index contributed by atoms with van der Waals surface area (Å²) in [6, 6.07) is 3.26. The van der Waals surface area contributed by atoms with E-state index in [1.54, 1.807) is 6.07 Å². The van der Waals surface area contributed by atoms with Gasteiger partial charge in [-0.15, -0.1) is 0 Å². The minimum atomic E-state index is -2.75. The molecule has 6 nitrogen and oxygen atoms in total. The highest BCUT2D eigenvalue weighted by molar-refractivity contribution is 6.03. The number of aryl methyl sites for hydroxylation is 1. The lowest BCUT2D eigenvalue weighted by atomic mass is 9.92. The van der Waals surface area contributed by atoms with Crippen molar-refractivity contribution in [2.75, 3.05) is 5.73 Å². The first kappa shape index (κ1) is 9.44. The van der Waals surface area contributed by atoms with Crippen LogP contribution in [-0.2, 0) is 9.59 Å². The van der Waals surface area contributed by atoms with E-state index in [4.69, 9.17) is 11.2 Å². The molecule has 6 heteroatoms. The number of hydrogen-bond acceptors (Lipinski definition) is 5. The number of hydrogen-bond donors (Lipinski definition) is 1. The van der Waals surface area contributed by atoms with Gasteiger partial charge >= 0.3 is 0 Å². The summed E-state index contributed by atoms with van der Waals surface area (Å²) in [6.45, 7) is -2.75. The lowest BCUT2D eigenvalue weighted by Crippen LogP contribution is -2.36. The van der Waals surface area contributed by atoms with E-state index in [-0.39, 0.29) is 23.0 Å². The van der Waals surface area contributed by atoms with Gasteiger partial charge in [0.15, 0.2) is 5.78 Å². The van der Waals surface area contributed by atoms with Crippen molar-refractivity contribution in [1.29, 1.82) is 0 Å². The van der Waals surface area contributed by atoms with E-state index in [1.165, 1.54) is 12.1 Å². The highest BCUT2D eigenvalue weighted by Gasteiger charge is 2.30. The molecule has 0 saturated heterocycles. The van der Waals surface area contributed by atoms with Gasteiger partial charge in [0.2, 0.25) is 0 Å². The van der Waals surface area contributed by atoms with Gasteiger partial charge in [0.05, 0.1) is 23.4 Å². The molecule has 2 aromatic rings. The van der Waals surface area contributed by atoms with Crippen molar-refractivity contribution >= 4 is 28.2 Å². The van der Waals surface area contributed by atoms with Gasteiger partial charge in [0.1, 0.15) is 11.6 Å². The Labute approximate surface area is 126 Å². The van der Waals surface area contributed by atoms with Crippen LogP contribution in [0.1, 0.15) is 36.6 Å². The summed E-state index contributed by atoms with van der Waals surface area (Å²) in [4.78, 5) is 40.9. The van der Waals surface area contributed by atoms with Gasteiger partial charge in [-0.25, -0.2) is 4.98 Å². The Bertz CT molecular complexity index is 951. The summed E-state index contributed by atoms with van der Waals surface area (Å²) in [6.07, 6.45) is -1.96. The minimum absolute atomic E-state index is 0.0155. The minimum Gasteiger partial charge on any atom is -0.398 e. The molecule has 0 aliphatic heterocycles. The molecule has 1 fully saturated rings. The van der Waals surface area contributed by atoms with Gasteiger partial charge in [-0.2, -0.15) is 0 Å². The van der Waals surface area contributed by atoms with Crippen LogP contribution in [0.15, 0.2) is 23.0 Å². The SMILES string of the molecule is [2H]C1CC(n2c(C([2H])([2H])[2H])nc3cccc(N)c3c2=O)C(=O)CC1=O. The Hall–Kier alpha value is -2.50. The number of rotatable bonds is 1. The van der Waals surface area contributed by atoms with Crippen LogP contribution in [0.4, 0.5) is 5.69 Å². The number of aromatic nitrogens is 2. The first-order valence-corrected chi connectivity index (χ1v) is 6.40. The quantitative estimate of drug-likeness (QED) is 0.627. The molecular formula is C15H15N3O3. The van der Waals surface area contributed by atoms with E-state index in [1.807, 2.05) is 0 Å². The molecule has 1 heterocycles. The number of nitrogens with two attached hydrogens (primary N) is 1. The Morgan fingerprint density at radius 2 is 2.24 bits per heavy atom. The van der Waals surface area contributed by atoms with Crippen LogP contribution >= 0.6 is 0 Å². The monoisotopic (exact) mass is 289 g/mol. The molecule has 0 bridgehead atoms. The fraction of sp³-hybridized carbons (Fsp3) is 0.333. The molecule has 1 saturated carbocycles. The van der Waals surface area contributed by atoms with Crippen molar-refractivity contribution < 1.29 is 15.1 Å². The van der Waals surface area contributed by atoms with E-state index in [9.17, 15) is 14.4 Å². The van der Waals surface area contributed by atoms with Crippen LogP contribution in [0.25, 0.3) is 10.9 Å². The molecule has 21 heavy (non-hydrogen) atoms. The van der Waals surface area contributed by atoms with Crippen LogP contribution in [-0.4, -0.2) is 21.1 Å². The van der Waals surface area contributed by atoms with E-state index < -0.39 is 48.7 Å². The predicted molar refractivity (Wildman–Crippen MR) is 78.1 cm³/mol. The summed E-state index contributed by atoms with van der Waals surface area (Å²) in [5.74, 6) is -1.69. The molecule has 3 rings (SSSR count). The molecule has 2 N–H and O–H groups in total. The summed E-state index contributed by atoms with van der Waals surface area (Å²) in [7, 11) is 0. The second kappa shape index (κ2) is 4.80. The van der Waals surface area contributed by atoms with Crippen molar-refractivity contribution in [3.63, 3.8) is 0 Å². The lowest BCUT2D eigenvalue weighted by molar-refractivity contribution is -0.132. The number of carbonyl (C=O) groups is 2. The fourth-order valence-corrected chi connectivity index (χ4v) is 2.54. The van der Waals surface area contributed by atoms with Gasteiger partial charge in [-0.3, -0.25) is 19.0 Å². The van der Waals surface area contributed by atoms with Crippen LogP contribution in [0.5, 0.6) is 0 Å². The van der Waals surface area contributed by atoms with E-state index in [2.05, 4.69) is 4.98 Å². The highest BCUT2D eigenvalue weighted by atomic mass is 16.2. The van der Waals surface area contributed by atoms with Gasteiger partial charge < -0.3 is 5.73 Å². The summed E-state index contributed by atoms with van der Waals surface area (Å²) in [5.41, 5.74) is 5.31. The van der Waals surface area contributed by atoms with Crippen LogP contribution in [0.2, 0.25) is 0 Å². The standard InChI is InChI=1S/C15H15N3O3/c1-8-17-11-4-2-3-10(16)14(11)15(21)18(8)12-6-5-9(19)7-13(12)20/h2-4,12H,5-7,16H2,1H3/i1D3,5D. The molecular weight excluding hydrogens is 270 g/mol. The number of fused-ring (bicyclic) bond motifs is 1. The zero-order valence-corrected chi connectivity index (χ0v) is 11.0.